The molecule has 92 valence electrons. The van der Waals surface area contributed by atoms with Crippen LogP contribution in [0.15, 0.2) is 18.2 Å². The lowest BCUT2D eigenvalue weighted by molar-refractivity contribution is -0.141. The Hall–Kier alpha value is -1.51. The van der Waals surface area contributed by atoms with Gasteiger partial charge in [-0.1, -0.05) is 24.6 Å². The largest absolute Gasteiger partial charge is 0.493 e. The standard InChI is InChI=1S/C14H18O3/c1-9-5-6-13-12(8-9)11(4-3-7-17-13)10(2)14(15)16/h5-6,8,10-11H,3-4,7H2,1-2H3,(H,15,16). The summed E-state index contributed by atoms with van der Waals surface area (Å²) < 4.78 is 5.67. The van der Waals surface area contributed by atoms with Crippen molar-refractivity contribution in [3.63, 3.8) is 0 Å². The zero-order valence-electron chi connectivity index (χ0n) is 10.3. The highest BCUT2D eigenvalue weighted by atomic mass is 16.5. The van der Waals surface area contributed by atoms with E-state index in [-0.39, 0.29) is 11.8 Å². The minimum absolute atomic E-state index is 0.0601. The molecule has 0 aliphatic carbocycles. The van der Waals surface area contributed by atoms with Crippen LogP contribution in [-0.4, -0.2) is 17.7 Å². The predicted octanol–water partition coefficient (Wildman–Crippen LogP) is 2.97. The van der Waals surface area contributed by atoms with Gasteiger partial charge in [0.05, 0.1) is 12.5 Å². The Labute approximate surface area is 101 Å². The number of carboxylic acids is 1. The van der Waals surface area contributed by atoms with Gasteiger partial charge in [-0.15, -0.1) is 0 Å². The van der Waals surface area contributed by atoms with Crippen molar-refractivity contribution in [2.75, 3.05) is 6.61 Å². The second-order valence-electron chi connectivity index (χ2n) is 4.77. The smallest absolute Gasteiger partial charge is 0.306 e. The molecule has 1 aliphatic rings. The molecule has 0 amide bonds. The van der Waals surface area contributed by atoms with Crippen molar-refractivity contribution in [2.24, 2.45) is 5.92 Å². The molecule has 1 aromatic rings. The van der Waals surface area contributed by atoms with Crippen LogP contribution in [0.5, 0.6) is 5.75 Å². The van der Waals surface area contributed by atoms with Crippen molar-refractivity contribution >= 4 is 5.97 Å². The molecule has 0 bridgehead atoms. The molecule has 3 heteroatoms. The number of aryl methyl sites for hydroxylation is 1. The summed E-state index contributed by atoms with van der Waals surface area (Å²) in [5.74, 6) is -0.183. The van der Waals surface area contributed by atoms with Gasteiger partial charge in [0.25, 0.3) is 0 Å². The van der Waals surface area contributed by atoms with Crippen molar-refractivity contribution < 1.29 is 14.6 Å². The molecule has 0 aromatic heterocycles. The summed E-state index contributed by atoms with van der Waals surface area (Å²) in [7, 11) is 0. The molecule has 1 heterocycles. The van der Waals surface area contributed by atoms with Gasteiger partial charge < -0.3 is 9.84 Å². The molecule has 2 unspecified atom stereocenters. The van der Waals surface area contributed by atoms with E-state index in [1.165, 1.54) is 0 Å². The van der Waals surface area contributed by atoms with E-state index >= 15 is 0 Å². The van der Waals surface area contributed by atoms with E-state index in [2.05, 4.69) is 6.07 Å². The number of aliphatic carboxylic acids is 1. The third-order valence-electron chi connectivity index (χ3n) is 3.47. The van der Waals surface area contributed by atoms with Gasteiger partial charge in [-0.3, -0.25) is 4.79 Å². The number of rotatable bonds is 2. The summed E-state index contributed by atoms with van der Waals surface area (Å²) in [6.45, 7) is 4.48. The van der Waals surface area contributed by atoms with Gasteiger partial charge in [0.15, 0.2) is 0 Å². The van der Waals surface area contributed by atoms with E-state index < -0.39 is 5.97 Å². The molecule has 17 heavy (non-hydrogen) atoms. The van der Waals surface area contributed by atoms with Crippen LogP contribution in [0, 0.1) is 12.8 Å². The molecule has 1 N–H and O–H groups in total. The first-order valence-corrected chi connectivity index (χ1v) is 6.05. The Morgan fingerprint density at radius 1 is 1.53 bits per heavy atom. The fraction of sp³-hybridized carbons (Fsp3) is 0.500. The van der Waals surface area contributed by atoms with Gasteiger partial charge in [0, 0.05) is 5.92 Å². The number of hydrogen-bond acceptors (Lipinski definition) is 2. The van der Waals surface area contributed by atoms with Crippen LogP contribution < -0.4 is 4.74 Å². The van der Waals surface area contributed by atoms with E-state index in [1.54, 1.807) is 6.92 Å². The maximum atomic E-state index is 11.2. The minimum Gasteiger partial charge on any atom is -0.493 e. The highest BCUT2D eigenvalue weighted by Gasteiger charge is 2.29. The lowest BCUT2D eigenvalue weighted by atomic mass is 9.83. The monoisotopic (exact) mass is 234 g/mol. The number of fused-ring (bicyclic) bond motifs is 1. The Kier molecular flexibility index (Phi) is 3.36. The third-order valence-corrected chi connectivity index (χ3v) is 3.47. The zero-order valence-corrected chi connectivity index (χ0v) is 10.3. The number of carbonyl (C=O) groups is 1. The fourth-order valence-electron chi connectivity index (χ4n) is 2.42. The molecule has 2 atom stereocenters. The summed E-state index contributed by atoms with van der Waals surface area (Å²) >= 11 is 0. The van der Waals surface area contributed by atoms with Gasteiger partial charge in [-0.25, -0.2) is 0 Å². The molecule has 3 nitrogen and oxygen atoms in total. The molecular formula is C14H18O3. The first-order valence-electron chi connectivity index (χ1n) is 6.05. The van der Waals surface area contributed by atoms with Crippen molar-refractivity contribution in [1.82, 2.24) is 0 Å². The molecule has 0 saturated heterocycles. The topological polar surface area (TPSA) is 46.5 Å². The highest BCUT2D eigenvalue weighted by molar-refractivity contribution is 5.71. The summed E-state index contributed by atoms with van der Waals surface area (Å²) in [6, 6.07) is 6.02. The van der Waals surface area contributed by atoms with E-state index in [4.69, 9.17) is 4.74 Å². The highest BCUT2D eigenvalue weighted by Crippen LogP contribution is 2.38. The SMILES string of the molecule is Cc1ccc2c(c1)C(C(C)C(=O)O)CCCO2. The average molecular weight is 234 g/mol. The summed E-state index contributed by atoms with van der Waals surface area (Å²) in [5, 5.41) is 9.18. The molecule has 0 radical (unpaired) electrons. The second kappa shape index (κ2) is 4.78. The van der Waals surface area contributed by atoms with Gasteiger partial charge in [0.2, 0.25) is 0 Å². The first kappa shape index (κ1) is 12.0. The average Bonchev–Trinajstić information content (AvgIpc) is 2.49. The molecule has 1 aliphatic heterocycles. The van der Waals surface area contributed by atoms with Crippen molar-refractivity contribution in [3.05, 3.63) is 29.3 Å². The maximum Gasteiger partial charge on any atom is 0.306 e. The molecule has 1 aromatic carbocycles. The number of benzene rings is 1. The van der Waals surface area contributed by atoms with Crippen LogP contribution >= 0.6 is 0 Å². The number of hydrogen-bond donors (Lipinski definition) is 1. The third kappa shape index (κ3) is 2.43. The molecule has 0 saturated carbocycles. The number of carboxylic acid groups (broad SMARTS) is 1. The Bertz CT molecular complexity index is 425. The van der Waals surface area contributed by atoms with Crippen LogP contribution in [0.4, 0.5) is 0 Å². The normalized spacial score (nSPS) is 20.9. The lowest BCUT2D eigenvalue weighted by Gasteiger charge is -2.20. The van der Waals surface area contributed by atoms with Crippen LogP contribution in [0.2, 0.25) is 0 Å². The van der Waals surface area contributed by atoms with Crippen molar-refractivity contribution in [3.8, 4) is 5.75 Å². The number of ether oxygens (including phenoxy) is 1. The van der Waals surface area contributed by atoms with E-state index in [0.717, 1.165) is 29.7 Å². The fourth-order valence-corrected chi connectivity index (χ4v) is 2.42. The minimum atomic E-state index is -0.732. The second-order valence-corrected chi connectivity index (χ2v) is 4.77. The van der Waals surface area contributed by atoms with Gasteiger partial charge >= 0.3 is 5.97 Å². The van der Waals surface area contributed by atoms with Gasteiger partial charge in [0.1, 0.15) is 5.75 Å². The Morgan fingerprint density at radius 2 is 2.29 bits per heavy atom. The molecule has 2 rings (SSSR count). The maximum absolute atomic E-state index is 11.2. The van der Waals surface area contributed by atoms with Crippen molar-refractivity contribution in [2.45, 2.75) is 32.6 Å². The van der Waals surface area contributed by atoms with E-state index in [0.29, 0.717) is 6.61 Å². The van der Waals surface area contributed by atoms with Crippen molar-refractivity contribution in [1.29, 1.82) is 0 Å². The zero-order chi connectivity index (χ0) is 12.4. The van der Waals surface area contributed by atoms with Crippen LogP contribution in [0.3, 0.4) is 0 Å². The van der Waals surface area contributed by atoms with Crippen LogP contribution in [-0.2, 0) is 4.79 Å². The van der Waals surface area contributed by atoms with E-state index in [1.807, 2.05) is 19.1 Å². The van der Waals surface area contributed by atoms with Gasteiger partial charge in [-0.2, -0.15) is 0 Å². The van der Waals surface area contributed by atoms with E-state index in [9.17, 15) is 9.90 Å². The molecular weight excluding hydrogens is 216 g/mol. The molecule has 0 spiro atoms. The van der Waals surface area contributed by atoms with Gasteiger partial charge in [-0.05, 0) is 31.4 Å². The molecule has 0 fully saturated rings. The summed E-state index contributed by atoms with van der Waals surface area (Å²) in [4.78, 5) is 11.2. The summed E-state index contributed by atoms with van der Waals surface area (Å²) in [5.41, 5.74) is 2.20. The van der Waals surface area contributed by atoms with Crippen LogP contribution in [0.25, 0.3) is 0 Å². The quantitative estimate of drug-likeness (QED) is 0.855. The first-order chi connectivity index (χ1) is 8.09. The Morgan fingerprint density at radius 3 is 3.00 bits per heavy atom. The summed E-state index contributed by atoms with van der Waals surface area (Å²) in [6.07, 6.45) is 1.79. The Balaban J connectivity index is 2.41. The lowest BCUT2D eigenvalue weighted by Crippen LogP contribution is -2.18. The van der Waals surface area contributed by atoms with Crippen LogP contribution in [0.1, 0.15) is 36.8 Å². The predicted molar refractivity (Wildman–Crippen MR) is 65.4 cm³/mol.